The minimum Gasteiger partial charge on any atom is -0.399 e. The van der Waals surface area contributed by atoms with Crippen LogP contribution in [-0.2, 0) is 6.42 Å². The number of benzene rings is 1. The minimum atomic E-state index is 0. The molecule has 1 aliphatic carbocycles. The molecule has 2 nitrogen and oxygen atoms in total. The summed E-state index contributed by atoms with van der Waals surface area (Å²) in [5, 5.41) is 0. The maximum absolute atomic E-state index is 5.86. The predicted octanol–water partition coefficient (Wildman–Crippen LogP) is 1.64. The molecular formula is C9H13ClN2. The Balaban J connectivity index is 0.000000720. The average molecular weight is 185 g/mol. The van der Waals surface area contributed by atoms with Crippen LogP contribution in [0.4, 0.5) is 5.69 Å². The number of fused-ring (bicyclic) bond motifs is 1. The molecule has 4 N–H and O–H groups in total. The number of rotatable bonds is 0. The zero-order chi connectivity index (χ0) is 7.84. The zero-order valence-corrected chi connectivity index (χ0v) is 7.60. The van der Waals surface area contributed by atoms with E-state index in [2.05, 4.69) is 0 Å². The number of hydrogen-bond acceptors (Lipinski definition) is 2. The number of nitrogens with two attached hydrogens (primary N) is 2. The molecule has 1 atom stereocenters. The first-order valence-electron chi connectivity index (χ1n) is 3.91. The number of hydrogen-bond donors (Lipinski definition) is 2. The molecular weight excluding hydrogens is 172 g/mol. The molecule has 66 valence electrons. The Morgan fingerprint density at radius 1 is 1.33 bits per heavy atom. The third-order valence-corrected chi connectivity index (χ3v) is 2.29. The smallest absolute Gasteiger partial charge is 0.0316 e. The van der Waals surface area contributed by atoms with Gasteiger partial charge >= 0.3 is 0 Å². The van der Waals surface area contributed by atoms with Crippen molar-refractivity contribution in [2.75, 3.05) is 5.73 Å². The first-order valence-corrected chi connectivity index (χ1v) is 3.91. The molecule has 0 unspecified atom stereocenters. The topological polar surface area (TPSA) is 52.0 Å². The van der Waals surface area contributed by atoms with Crippen molar-refractivity contribution in [1.29, 1.82) is 0 Å². The second-order valence-electron chi connectivity index (χ2n) is 3.10. The molecule has 0 amide bonds. The Hall–Kier alpha value is -0.730. The molecule has 0 aromatic heterocycles. The van der Waals surface area contributed by atoms with Gasteiger partial charge in [-0.05, 0) is 36.1 Å². The van der Waals surface area contributed by atoms with Gasteiger partial charge in [-0.2, -0.15) is 0 Å². The number of halogens is 1. The van der Waals surface area contributed by atoms with E-state index in [0.29, 0.717) is 0 Å². The normalized spacial score (nSPS) is 19.9. The average Bonchev–Trinajstić information content (AvgIpc) is 2.32. The van der Waals surface area contributed by atoms with Gasteiger partial charge in [-0.3, -0.25) is 0 Å². The van der Waals surface area contributed by atoms with E-state index in [9.17, 15) is 0 Å². The highest BCUT2D eigenvalue weighted by Gasteiger charge is 2.17. The van der Waals surface area contributed by atoms with Crippen LogP contribution in [0.1, 0.15) is 23.6 Å². The molecule has 0 saturated heterocycles. The Labute approximate surface area is 78.4 Å². The van der Waals surface area contributed by atoms with Gasteiger partial charge in [0.05, 0.1) is 0 Å². The maximum Gasteiger partial charge on any atom is 0.0316 e. The Morgan fingerprint density at radius 3 is 2.83 bits per heavy atom. The molecule has 1 aromatic carbocycles. The lowest BCUT2D eigenvalue weighted by Crippen LogP contribution is -2.04. The van der Waals surface area contributed by atoms with Crippen molar-refractivity contribution in [2.45, 2.75) is 18.9 Å². The molecule has 2 rings (SSSR count). The summed E-state index contributed by atoms with van der Waals surface area (Å²) in [5.74, 6) is 0. The highest BCUT2D eigenvalue weighted by atomic mass is 35.5. The SMILES string of the molecule is Cl.Nc1ccc2c(c1)CC[C@@H]2N. The van der Waals surface area contributed by atoms with Crippen molar-refractivity contribution in [3.63, 3.8) is 0 Å². The van der Waals surface area contributed by atoms with E-state index in [1.165, 1.54) is 11.1 Å². The van der Waals surface area contributed by atoms with Gasteiger partial charge in [0.2, 0.25) is 0 Å². The van der Waals surface area contributed by atoms with E-state index >= 15 is 0 Å². The molecule has 0 radical (unpaired) electrons. The van der Waals surface area contributed by atoms with Crippen molar-refractivity contribution in [1.82, 2.24) is 0 Å². The van der Waals surface area contributed by atoms with Crippen LogP contribution in [0.2, 0.25) is 0 Å². The van der Waals surface area contributed by atoms with Gasteiger partial charge in [-0.15, -0.1) is 12.4 Å². The maximum atomic E-state index is 5.86. The molecule has 0 saturated carbocycles. The molecule has 0 spiro atoms. The fourth-order valence-electron chi connectivity index (χ4n) is 1.67. The first-order chi connectivity index (χ1) is 5.27. The second-order valence-corrected chi connectivity index (χ2v) is 3.10. The van der Waals surface area contributed by atoms with Crippen LogP contribution in [0, 0.1) is 0 Å². The third kappa shape index (κ3) is 1.40. The van der Waals surface area contributed by atoms with Gasteiger partial charge in [0.15, 0.2) is 0 Å². The summed E-state index contributed by atoms with van der Waals surface area (Å²) >= 11 is 0. The van der Waals surface area contributed by atoms with Crippen LogP contribution < -0.4 is 11.5 Å². The third-order valence-electron chi connectivity index (χ3n) is 2.29. The van der Waals surface area contributed by atoms with Crippen molar-refractivity contribution in [3.05, 3.63) is 29.3 Å². The molecule has 0 aliphatic heterocycles. The Bertz CT molecular complexity index is 286. The predicted molar refractivity (Wildman–Crippen MR) is 53.4 cm³/mol. The van der Waals surface area contributed by atoms with Gasteiger partial charge in [-0.25, -0.2) is 0 Å². The van der Waals surface area contributed by atoms with Crippen LogP contribution in [0.3, 0.4) is 0 Å². The highest BCUT2D eigenvalue weighted by molar-refractivity contribution is 5.85. The largest absolute Gasteiger partial charge is 0.399 e. The van der Waals surface area contributed by atoms with Crippen LogP contribution >= 0.6 is 12.4 Å². The quantitative estimate of drug-likeness (QED) is 0.603. The first kappa shape index (κ1) is 9.36. The minimum absolute atomic E-state index is 0. The number of anilines is 1. The Kier molecular flexibility index (Phi) is 2.60. The van der Waals surface area contributed by atoms with E-state index in [1.54, 1.807) is 0 Å². The zero-order valence-electron chi connectivity index (χ0n) is 6.79. The summed E-state index contributed by atoms with van der Waals surface area (Å²) in [4.78, 5) is 0. The van der Waals surface area contributed by atoms with Gasteiger partial charge in [-0.1, -0.05) is 6.07 Å². The lowest BCUT2D eigenvalue weighted by atomic mass is 10.1. The molecule has 0 fully saturated rings. The van der Waals surface area contributed by atoms with E-state index < -0.39 is 0 Å². The summed E-state index contributed by atoms with van der Waals surface area (Å²) in [6.45, 7) is 0. The molecule has 0 bridgehead atoms. The van der Waals surface area contributed by atoms with Crippen LogP contribution in [0.5, 0.6) is 0 Å². The summed E-state index contributed by atoms with van der Waals surface area (Å²) in [5.41, 5.74) is 14.9. The summed E-state index contributed by atoms with van der Waals surface area (Å²) in [6, 6.07) is 6.24. The van der Waals surface area contributed by atoms with E-state index in [-0.39, 0.29) is 18.4 Å². The van der Waals surface area contributed by atoms with Crippen LogP contribution in [0.25, 0.3) is 0 Å². The molecule has 1 aliphatic rings. The summed E-state index contributed by atoms with van der Waals surface area (Å²) in [7, 11) is 0. The van der Waals surface area contributed by atoms with E-state index in [0.717, 1.165) is 18.5 Å². The van der Waals surface area contributed by atoms with E-state index in [4.69, 9.17) is 11.5 Å². The van der Waals surface area contributed by atoms with Crippen molar-refractivity contribution < 1.29 is 0 Å². The van der Waals surface area contributed by atoms with Gasteiger partial charge in [0, 0.05) is 11.7 Å². The summed E-state index contributed by atoms with van der Waals surface area (Å²) in [6.07, 6.45) is 2.15. The fourth-order valence-corrected chi connectivity index (χ4v) is 1.67. The van der Waals surface area contributed by atoms with Gasteiger partial charge in [0.1, 0.15) is 0 Å². The summed E-state index contributed by atoms with van der Waals surface area (Å²) < 4.78 is 0. The van der Waals surface area contributed by atoms with Crippen molar-refractivity contribution >= 4 is 18.1 Å². The molecule has 3 heteroatoms. The van der Waals surface area contributed by atoms with Crippen LogP contribution in [0.15, 0.2) is 18.2 Å². The lowest BCUT2D eigenvalue weighted by molar-refractivity contribution is 0.713. The lowest BCUT2D eigenvalue weighted by Gasteiger charge is -2.03. The monoisotopic (exact) mass is 184 g/mol. The van der Waals surface area contributed by atoms with E-state index in [1.807, 2.05) is 18.2 Å². The second kappa shape index (κ2) is 3.33. The standard InChI is InChI=1S/C9H12N2.ClH/c10-7-2-3-8-6(5-7)1-4-9(8)11;/h2-3,5,9H,1,4,10-11H2;1H/t9-;/m0./s1. The molecule has 1 aromatic rings. The van der Waals surface area contributed by atoms with Gasteiger partial charge < -0.3 is 11.5 Å². The fraction of sp³-hybridized carbons (Fsp3) is 0.333. The molecule has 0 heterocycles. The Morgan fingerprint density at radius 2 is 2.08 bits per heavy atom. The van der Waals surface area contributed by atoms with Gasteiger partial charge in [0.25, 0.3) is 0 Å². The molecule has 12 heavy (non-hydrogen) atoms. The van der Waals surface area contributed by atoms with Crippen molar-refractivity contribution in [3.8, 4) is 0 Å². The van der Waals surface area contributed by atoms with Crippen LogP contribution in [-0.4, -0.2) is 0 Å². The number of aryl methyl sites for hydroxylation is 1. The highest BCUT2D eigenvalue weighted by Crippen LogP contribution is 2.30. The van der Waals surface area contributed by atoms with Crippen molar-refractivity contribution in [2.24, 2.45) is 5.73 Å². The number of nitrogen functional groups attached to an aromatic ring is 1.